The quantitative estimate of drug-likeness (QED) is 0.773. The van der Waals surface area contributed by atoms with Gasteiger partial charge in [-0.1, -0.05) is 35.9 Å². The Morgan fingerprint density at radius 1 is 1.05 bits per heavy atom. The summed E-state index contributed by atoms with van der Waals surface area (Å²) in [5.74, 6) is 0. The zero-order valence-corrected chi connectivity index (χ0v) is 11.1. The number of aromatic nitrogens is 2. The first kappa shape index (κ1) is 12.4. The monoisotopic (exact) mass is 280 g/mol. The zero-order valence-electron chi connectivity index (χ0n) is 10.3. The second-order valence-corrected chi connectivity index (χ2v) is 4.62. The molecule has 0 aliphatic heterocycles. The normalized spacial score (nSPS) is 10.2. The molecule has 1 N–H and O–H groups in total. The molecule has 0 fully saturated rings. The molecule has 96 valence electrons. The van der Waals surface area contributed by atoms with Gasteiger partial charge in [0.15, 0.2) is 5.69 Å². The van der Waals surface area contributed by atoms with Crippen molar-refractivity contribution in [3.63, 3.8) is 0 Å². The largest absolute Gasteiger partial charge is 0.352 e. The Balaban J connectivity index is 2.17. The molecule has 5 heteroatoms. The van der Waals surface area contributed by atoms with Crippen LogP contribution in [-0.4, -0.2) is 10.2 Å². The van der Waals surface area contributed by atoms with Crippen molar-refractivity contribution < 1.29 is 0 Å². The summed E-state index contributed by atoms with van der Waals surface area (Å²) in [6.45, 7) is 0. The van der Waals surface area contributed by atoms with Gasteiger partial charge in [-0.15, -0.1) is 10.2 Å². The van der Waals surface area contributed by atoms with E-state index in [-0.39, 0.29) is 5.69 Å². The van der Waals surface area contributed by atoms with E-state index in [1.54, 1.807) is 12.1 Å². The van der Waals surface area contributed by atoms with E-state index in [0.29, 0.717) is 10.7 Å². The first-order valence-corrected chi connectivity index (χ1v) is 6.34. The van der Waals surface area contributed by atoms with Crippen molar-refractivity contribution in [1.29, 1.82) is 5.26 Å². The Morgan fingerprint density at radius 2 is 1.90 bits per heavy atom. The highest BCUT2D eigenvalue weighted by Gasteiger charge is 2.10. The van der Waals surface area contributed by atoms with Gasteiger partial charge in [0, 0.05) is 16.1 Å². The molecule has 0 saturated carbocycles. The molecule has 2 aromatic carbocycles. The first-order valence-electron chi connectivity index (χ1n) is 5.96. The average Bonchev–Trinajstić information content (AvgIpc) is 2.48. The zero-order chi connectivity index (χ0) is 13.9. The number of hydrogen-bond donors (Lipinski definition) is 1. The van der Waals surface area contributed by atoms with Crippen LogP contribution in [0.5, 0.6) is 0 Å². The van der Waals surface area contributed by atoms with E-state index in [1.807, 2.05) is 36.4 Å². The van der Waals surface area contributed by atoms with Crippen molar-refractivity contribution >= 4 is 33.9 Å². The number of fused-ring (bicyclic) bond motifs is 1. The lowest BCUT2D eigenvalue weighted by Gasteiger charge is -2.10. The molecule has 0 atom stereocenters. The van der Waals surface area contributed by atoms with Crippen LogP contribution < -0.4 is 5.32 Å². The highest BCUT2D eigenvalue weighted by Crippen LogP contribution is 2.28. The predicted octanol–water partition coefficient (Wildman–Crippen LogP) is 3.90. The van der Waals surface area contributed by atoms with E-state index in [2.05, 4.69) is 21.6 Å². The van der Waals surface area contributed by atoms with E-state index in [1.165, 1.54) is 0 Å². The Morgan fingerprint density at radius 3 is 2.70 bits per heavy atom. The Labute approximate surface area is 120 Å². The minimum Gasteiger partial charge on any atom is -0.352 e. The fraction of sp³-hybridized carbons (Fsp3) is 0. The summed E-state index contributed by atoms with van der Waals surface area (Å²) in [7, 11) is 0. The molecule has 1 heterocycles. The lowest BCUT2D eigenvalue weighted by Crippen LogP contribution is -1.99. The molecule has 0 bridgehead atoms. The maximum absolute atomic E-state index is 9.19. The first-order chi connectivity index (χ1) is 9.78. The molecule has 4 nitrogen and oxygen atoms in total. The van der Waals surface area contributed by atoms with E-state index in [9.17, 15) is 5.26 Å². The smallest absolute Gasteiger partial charge is 0.187 e. The average molecular weight is 281 g/mol. The molecule has 0 aliphatic carbocycles. The van der Waals surface area contributed by atoms with E-state index in [4.69, 9.17) is 11.6 Å². The topological polar surface area (TPSA) is 61.6 Å². The number of nitrogens with one attached hydrogen (secondary N) is 1. The number of benzene rings is 2. The Hall–Kier alpha value is -2.64. The molecule has 0 saturated heterocycles. The summed E-state index contributed by atoms with van der Waals surface area (Å²) in [6.07, 6.45) is 0. The summed E-state index contributed by atoms with van der Waals surface area (Å²) >= 11 is 5.97. The number of nitrogens with zero attached hydrogens (tertiary/aromatic N) is 3. The minimum absolute atomic E-state index is 0.253. The molecule has 0 unspecified atom stereocenters. The highest BCUT2D eigenvalue weighted by atomic mass is 35.5. The Bertz CT molecular complexity index is 823. The van der Waals surface area contributed by atoms with Gasteiger partial charge in [0.05, 0.1) is 11.2 Å². The van der Waals surface area contributed by atoms with Gasteiger partial charge in [-0.2, -0.15) is 5.26 Å². The third kappa shape index (κ3) is 2.27. The molecule has 3 aromatic rings. The van der Waals surface area contributed by atoms with Crippen LogP contribution in [0.25, 0.3) is 10.9 Å². The van der Waals surface area contributed by atoms with Crippen LogP contribution in [0, 0.1) is 11.3 Å². The number of halogens is 1. The van der Waals surface area contributed by atoms with Crippen molar-refractivity contribution in [2.75, 3.05) is 5.32 Å². The number of rotatable bonds is 2. The van der Waals surface area contributed by atoms with Gasteiger partial charge in [-0.05, 0) is 24.3 Å². The number of nitriles is 1. The molecule has 0 radical (unpaired) electrons. The minimum atomic E-state index is 0.253. The molecule has 0 aliphatic rings. The molecule has 1 aromatic heterocycles. The molecular formula is C15H9ClN4. The van der Waals surface area contributed by atoms with Gasteiger partial charge < -0.3 is 5.32 Å². The molecular weight excluding hydrogens is 272 g/mol. The second-order valence-electron chi connectivity index (χ2n) is 4.19. The van der Waals surface area contributed by atoms with Crippen molar-refractivity contribution in [2.24, 2.45) is 0 Å². The van der Waals surface area contributed by atoms with E-state index >= 15 is 0 Å². The van der Waals surface area contributed by atoms with E-state index in [0.717, 1.165) is 16.6 Å². The molecule has 0 spiro atoms. The SMILES string of the molecule is N#Cc1nnc2ccccc2c1Nc1cccc(Cl)c1. The maximum Gasteiger partial charge on any atom is 0.187 e. The van der Waals surface area contributed by atoms with Crippen molar-refractivity contribution in [1.82, 2.24) is 10.2 Å². The fourth-order valence-electron chi connectivity index (χ4n) is 1.97. The van der Waals surface area contributed by atoms with Crippen LogP contribution in [-0.2, 0) is 0 Å². The van der Waals surface area contributed by atoms with Crippen molar-refractivity contribution in [2.45, 2.75) is 0 Å². The van der Waals surface area contributed by atoms with Crippen LogP contribution in [0.3, 0.4) is 0 Å². The predicted molar refractivity (Wildman–Crippen MR) is 79.0 cm³/mol. The fourth-order valence-corrected chi connectivity index (χ4v) is 2.16. The molecule has 0 amide bonds. The summed E-state index contributed by atoms with van der Waals surface area (Å²) in [4.78, 5) is 0. The van der Waals surface area contributed by atoms with Crippen molar-refractivity contribution in [3.05, 3.63) is 59.2 Å². The lowest BCUT2D eigenvalue weighted by molar-refractivity contribution is 1.05. The van der Waals surface area contributed by atoms with Crippen LogP contribution in [0.4, 0.5) is 11.4 Å². The Kier molecular flexibility index (Phi) is 3.20. The lowest BCUT2D eigenvalue weighted by atomic mass is 10.1. The van der Waals surface area contributed by atoms with E-state index < -0.39 is 0 Å². The number of hydrogen-bond acceptors (Lipinski definition) is 4. The molecule has 20 heavy (non-hydrogen) atoms. The number of anilines is 2. The third-order valence-electron chi connectivity index (χ3n) is 2.87. The van der Waals surface area contributed by atoms with Gasteiger partial charge in [-0.3, -0.25) is 0 Å². The summed E-state index contributed by atoms with van der Waals surface area (Å²) < 4.78 is 0. The standard InChI is InChI=1S/C15H9ClN4/c16-10-4-3-5-11(8-10)18-15-12-6-1-2-7-13(12)19-20-14(15)9-17/h1-8H,(H,18,19). The van der Waals surface area contributed by atoms with Gasteiger partial charge in [-0.25, -0.2) is 0 Å². The van der Waals surface area contributed by atoms with Crippen LogP contribution in [0.15, 0.2) is 48.5 Å². The third-order valence-corrected chi connectivity index (χ3v) is 3.10. The van der Waals surface area contributed by atoms with Crippen LogP contribution in [0.1, 0.15) is 5.69 Å². The summed E-state index contributed by atoms with van der Waals surface area (Å²) in [5, 5.41) is 21.8. The maximum atomic E-state index is 9.19. The molecule has 3 rings (SSSR count). The summed E-state index contributed by atoms with van der Waals surface area (Å²) in [6, 6.07) is 16.9. The van der Waals surface area contributed by atoms with Gasteiger partial charge >= 0.3 is 0 Å². The van der Waals surface area contributed by atoms with Crippen LogP contribution >= 0.6 is 11.6 Å². The highest BCUT2D eigenvalue weighted by molar-refractivity contribution is 6.30. The van der Waals surface area contributed by atoms with Gasteiger partial charge in [0.25, 0.3) is 0 Å². The van der Waals surface area contributed by atoms with Gasteiger partial charge in [0.2, 0.25) is 0 Å². The van der Waals surface area contributed by atoms with Crippen molar-refractivity contribution in [3.8, 4) is 6.07 Å². The van der Waals surface area contributed by atoms with Crippen LogP contribution in [0.2, 0.25) is 5.02 Å². The summed E-state index contributed by atoms with van der Waals surface area (Å²) in [5.41, 5.74) is 2.42. The van der Waals surface area contributed by atoms with Gasteiger partial charge in [0.1, 0.15) is 6.07 Å². The second kappa shape index (κ2) is 5.16.